The summed E-state index contributed by atoms with van der Waals surface area (Å²) < 4.78 is 25.6. The van der Waals surface area contributed by atoms with Gasteiger partial charge in [-0.05, 0) is 18.9 Å². The van der Waals surface area contributed by atoms with E-state index in [0.717, 1.165) is 19.6 Å². The first kappa shape index (κ1) is 15.5. The number of rotatable bonds is 5. The van der Waals surface area contributed by atoms with Crippen LogP contribution in [0.25, 0.3) is 0 Å². The topological polar surface area (TPSA) is 40.6 Å². The van der Waals surface area contributed by atoms with E-state index in [9.17, 15) is 8.42 Å². The van der Waals surface area contributed by atoms with Crippen LogP contribution in [0.15, 0.2) is 24.3 Å². The van der Waals surface area contributed by atoms with E-state index in [1.165, 1.54) is 11.1 Å². The fraction of sp³-hybridized carbons (Fsp3) is 0.600. The number of sulfonamides is 1. The Morgan fingerprint density at radius 1 is 1.15 bits per heavy atom. The molecule has 5 heteroatoms. The maximum Gasteiger partial charge on any atom is 0.214 e. The molecule has 0 atom stereocenters. The van der Waals surface area contributed by atoms with Gasteiger partial charge in [0, 0.05) is 32.7 Å². The van der Waals surface area contributed by atoms with E-state index >= 15 is 0 Å². The summed E-state index contributed by atoms with van der Waals surface area (Å²) in [6.07, 6.45) is 0.686. The molecule has 0 N–H and O–H groups in total. The van der Waals surface area contributed by atoms with E-state index < -0.39 is 10.0 Å². The van der Waals surface area contributed by atoms with Crippen molar-refractivity contribution in [3.8, 4) is 0 Å². The van der Waals surface area contributed by atoms with Crippen molar-refractivity contribution in [1.29, 1.82) is 0 Å². The van der Waals surface area contributed by atoms with Crippen molar-refractivity contribution < 1.29 is 8.42 Å². The van der Waals surface area contributed by atoms with Crippen molar-refractivity contribution in [3.63, 3.8) is 0 Å². The van der Waals surface area contributed by atoms with Crippen LogP contribution in [0.3, 0.4) is 0 Å². The Hall–Kier alpha value is -0.910. The maximum atomic E-state index is 12.0. The molecule has 1 aliphatic heterocycles. The molecule has 0 saturated carbocycles. The van der Waals surface area contributed by atoms with Gasteiger partial charge >= 0.3 is 0 Å². The Labute approximate surface area is 122 Å². The number of benzene rings is 1. The maximum absolute atomic E-state index is 12.0. The summed E-state index contributed by atoms with van der Waals surface area (Å²) in [5, 5.41) is 0. The van der Waals surface area contributed by atoms with E-state index in [2.05, 4.69) is 36.1 Å². The summed E-state index contributed by atoms with van der Waals surface area (Å²) in [4.78, 5) is 2.33. The number of hydrogen-bond donors (Lipinski definition) is 0. The summed E-state index contributed by atoms with van der Waals surface area (Å²) in [5.41, 5.74) is 2.57. The molecule has 0 spiro atoms. The Kier molecular flexibility index (Phi) is 5.18. The van der Waals surface area contributed by atoms with Gasteiger partial charge in [0.2, 0.25) is 10.0 Å². The van der Waals surface area contributed by atoms with Gasteiger partial charge in [-0.3, -0.25) is 4.90 Å². The van der Waals surface area contributed by atoms with Crippen LogP contribution < -0.4 is 0 Å². The van der Waals surface area contributed by atoms with Crippen LogP contribution in [-0.4, -0.2) is 49.6 Å². The molecular weight excluding hydrogens is 272 g/mol. The van der Waals surface area contributed by atoms with Gasteiger partial charge in [-0.1, -0.05) is 36.8 Å². The van der Waals surface area contributed by atoms with E-state index in [1.807, 2.05) is 6.92 Å². The number of hydrogen-bond acceptors (Lipinski definition) is 3. The Morgan fingerprint density at radius 3 is 2.45 bits per heavy atom. The predicted molar refractivity (Wildman–Crippen MR) is 82.1 cm³/mol. The molecule has 0 aliphatic carbocycles. The molecule has 1 aromatic rings. The molecular formula is C15H24N2O2S. The minimum Gasteiger partial charge on any atom is -0.296 e. The standard InChI is InChI=1S/C15H24N2O2S/c1-3-11-20(18,19)17-9-7-16(8-10-17)13-15-6-4-5-14(2)12-15/h4-6,12H,3,7-11,13H2,1-2H3. The lowest BCUT2D eigenvalue weighted by atomic mass is 10.1. The van der Waals surface area contributed by atoms with Gasteiger partial charge in [0.05, 0.1) is 5.75 Å². The third-order valence-electron chi connectivity index (χ3n) is 3.68. The highest BCUT2D eigenvalue weighted by Gasteiger charge is 2.25. The third-order valence-corrected chi connectivity index (χ3v) is 5.75. The Balaban J connectivity index is 1.89. The second kappa shape index (κ2) is 6.70. The van der Waals surface area contributed by atoms with Gasteiger partial charge in [-0.15, -0.1) is 0 Å². The first-order valence-electron chi connectivity index (χ1n) is 7.27. The lowest BCUT2D eigenvalue weighted by Gasteiger charge is -2.34. The van der Waals surface area contributed by atoms with Gasteiger partial charge < -0.3 is 0 Å². The van der Waals surface area contributed by atoms with E-state index in [0.29, 0.717) is 19.5 Å². The first-order chi connectivity index (χ1) is 9.51. The largest absolute Gasteiger partial charge is 0.296 e. The highest BCUT2D eigenvalue weighted by atomic mass is 32.2. The molecule has 4 nitrogen and oxygen atoms in total. The molecule has 1 saturated heterocycles. The van der Waals surface area contributed by atoms with Gasteiger partial charge in [0.25, 0.3) is 0 Å². The molecule has 1 heterocycles. The number of piperazine rings is 1. The minimum absolute atomic E-state index is 0.269. The minimum atomic E-state index is -3.03. The van der Waals surface area contributed by atoms with Crippen LogP contribution in [0.4, 0.5) is 0 Å². The van der Waals surface area contributed by atoms with Crippen LogP contribution in [0.1, 0.15) is 24.5 Å². The average molecular weight is 296 g/mol. The van der Waals surface area contributed by atoms with Crippen LogP contribution in [0, 0.1) is 6.92 Å². The van der Waals surface area contributed by atoms with Crippen molar-refractivity contribution in [2.75, 3.05) is 31.9 Å². The SMILES string of the molecule is CCCS(=O)(=O)N1CCN(Cc2cccc(C)c2)CC1. The zero-order chi connectivity index (χ0) is 14.6. The molecule has 0 radical (unpaired) electrons. The van der Waals surface area contributed by atoms with Gasteiger partial charge in [-0.25, -0.2) is 8.42 Å². The van der Waals surface area contributed by atoms with Crippen LogP contribution >= 0.6 is 0 Å². The van der Waals surface area contributed by atoms with Gasteiger partial charge in [-0.2, -0.15) is 4.31 Å². The lowest BCUT2D eigenvalue weighted by Crippen LogP contribution is -2.48. The first-order valence-corrected chi connectivity index (χ1v) is 8.88. The molecule has 1 fully saturated rings. The quantitative estimate of drug-likeness (QED) is 0.832. The summed E-state index contributed by atoms with van der Waals surface area (Å²) in [6, 6.07) is 8.50. The summed E-state index contributed by atoms with van der Waals surface area (Å²) in [5.74, 6) is 0.269. The molecule has 0 aromatic heterocycles. The molecule has 20 heavy (non-hydrogen) atoms. The third kappa shape index (κ3) is 4.04. The van der Waals surface area contributed by atoms with Crippen LogP contribution in [-0.2, 0) is 16.6 Å². The zero-order valence-electron chi connectivity index (χ0n) is 12.4. The fourth-order valence-electron chi connectivity index (χ4n) is 2.62. The van der Waals surface area contributed by atoms with Crippen LogP contribution in [0.5, 0.6) is 0 Å². The van der Waals surface area contributed by atoms with Gasteiger partial charge in [0.15, 0.2) is 0 Å². The Morgan fingerprint density at radius 2 is 1.85 bits per heavy atom. The number of nitrogens with zero attached hydrogens (tertiary/aromatic N) is 2. The van der Waals surface area contributed by atoms with E-state index in [1.54, 1.807) is 4.31 Å². The molecule has 0 unspecified atom stereocenters. The average Bonchev–Trinajstić information content (AvgIpc) is 2.39. The highest BCUT2D eigenvalue weighted by Crippen LogP contribution is 2.13. The fourth-order valence-corrected chi connectivity index (χ4v) is 4.12. The van der Waals surface area contributed by atoms with Crippen molar-refractivity contribution in [3.05, 3.63) is 35.4 Å². The zero-order valence-corrected chi connectivity index (χ0v) is 13.2. The van der Waals surface area contributed by atoms with E-state index in [4.69, 9.17) is 0 Å². The van der Waals surface area contributed by atoms with E-state index in [-0.39, 0.29) is 5.75 Å². The second-order valence-electron chi connectivity index (χ2n) is 5.48. The van der Waals surface area contributed by atoms with Crippen LogP contribution in [0.2, 0.25) is 0 Å². The smallest absolute Gasteiger partial charge is 0.214 e. The summed E-state index contributed by atoms with van der Waals surface area (Å²) >= 11 is 0. The monoisotopic (exact) mass is 296 g/mol. The molecule has 112 valence electrons. The highest BCUT2D eigenvalue weighted by molar-refractivity contribution is 7.89. The van der Waals surface area contributed by atoms with Gasteiger partial charge in [0.1, 0.15) is 0 Å². The molecule has 1 aliphatic rings. The molecule has 0 amide bonds. The molecule has 2 rings (SSSR count). The van der Waals surface area contributed by atoms with Crippen molar-refractivity contribution in [1.82, 2.24) is 9.21 Å². The van der Waals surface area contributed by atoms with Crippen molar-refractivity contribution in [2.24, 2.45) is 0 Å². The summed E-state index contributed by atoms with van der Waals surface area (Å²) in [7, 11) is -3.03. The molecule has 0 bridgehead atoms. The second-order valence-corrected chi connectivity index (χ2v) is 7.57. The summed E-state index contributed by atoms with van der Waals surface area (Å²) in [6.45, 7) is 7.78. The number of aryl methyl sites for hydroxylation is 1. The van der Waals surface area contributed by atoms with Crippen molar-refractivity contribution in [2.45, 2.75) is 26.8 Å². The predicted octanol–water partition coefficient (Wildman–Crippen LogP) is 1.85. The normalized spacial score (nSPS) is 18.3. The lowest BCUT2D eigenvalue weighted by molar-refractivity contribution is 0.181. The molecule has 1 aromatic carbocycles. The van der Waals surface area contributed by atoms with Crippen molar-refractivity contribution >= 4 is 10.0 Å². The Bertz CT molecular complexity index is 535.